The highest BCUT2D eigenvalue weighted by Crippen LogP contribution is 2.35. The van der Waals surface area contributed by atoms with E-state index in [1.54, 1.807) is 0 Å². The van der Waals surface area contributed by atoms with Gasteiger partial charge < -0.3 is 15.2 Å². The van der Waals surface area contributed by atoms with Crippen molar-refractivity contribution in [1.82, 2.24) is 10.2 Å². The number of ether oxygens (including phenoxy) is 1. The normalized spacial score (nSPS) is 25.1. The first-order valence-electron chi connectivity index (χ1n) is 11.0. The van der Waals surface area contributed by atoms with Gasteiger partial charge in [0.1, 0.15) is 0 Å². The van der Waals surface area contributed by atoms with Crippen molar-refractivity contribution in [2.75, 3.05) is 26.2 Å². The van der Waals surface area contributed by atoms with E-state index < -0.39 is 12.1 Å². The van der Waals surface area contributed by atoms with Crippen molar-refractivity contribution in [2.24, 2.45) is 17.8 Å². The molecule has 3 fully saturated rings. The molecule has 1 amide bonds. The van der Waals surface area contributed by atoms with Gasteiger partial charge >= 0.3 is 12.1 Å². The van der Waals surface area contributed by atoms with Crippen LogP contribution in [0.1, 0.15) is 36.0 Å². The van der Waals surface area contributed by atoms with Crippen LogP contribution < -0.4 is 5.32 Å². The maximum absolute atomic E-state index is 12.0. The Bertz CT molecular complexity index is 826. The molecule has 1 aromatic carbocycles. The molecule has 0 spiro atoms. The van der Waals surface area contributed by atoms with Crippen LogP contribution in [-0.4, -0.2) is 60.4 Å². The fraction of sp³-hybridized carbons (Fsp3) is 0.652. The number of fused-ring (bicyclic) bond motifs is 1. The Kier molecular flexibility index (Phi) is 7.82. The van der Waals surface area contributed by atoms with E-state index in [-0.39, 0.29) is 5.91 Å². The minimum atomic E-state index is -5.08. The number of carbonyl (C=O) groups excluding carboxylic acids is 1. The highest BCUT2D eigenvalue weighted by atomic mass is 19.4. The van der Waals surface area contributed by atoms with Crippen LogP contribution in [-0.2, 0) is 20.9 Å². The summed E-state index contributed by atoms with van der Waals surface area (Å²) in [4.78, 5) is 23.4. The Hall–Kier alpha value is -2.13. The van der Waals surface area contributed by atoms with Crippen molar-refractivity contribution in [3.8, 4) is 0 Å². The van der Waals surface area contributed by atoms with E-state index in [0.29, 0.717) is 23.9 Å². The number of halogens is 3. The monoisotopic (exact) mass is 456 g/mol. The number of nitrogens with zero attached hydrogens (tertiary/aromatic N) is 1. The molecule has 4 rings (SSSR count). The average Bonchev–Trinajstić information content (AvgIpc) is 3.30. The quantitative estimate of drug-likeness (QED) is 0.687. The minimum absolute atomic E-state index is 0.233. The van der Waals surface area contributed by atoms with E-state index in [9.17, 15) is 18.0 Å². The zero-order valence-electron chi connectivity index (χ0n) is 18.5. The molecule has 32 heavy (non-hydrogen) atoms. The summed E-state index contributed by atoms with van der Waals surface area (Å²) < 4.78 is 37.8. The van der Waals surface area contributed by atoms with E-state index in [0.717, 1.165) is 39.2 Å². The van der Waals surface area contributed by atoms with Gasteiger partial charge in [-0.25, -0.2) is 4.79 Å². The van der Waals surface area contributed by atoms with Crippen molar-refractivity contribution in [2.45, 2.75) is 51.9 Å². The Morgan fingerprint density at radius 2 is 1.91 bits per heavy atom. The first kappa shape index (κ1) is 24.5. The summed E-state index contributed by atoms with van der Waals surface area (Å²) in [5.74, 6) is -0.834. The molecule has 6 nitrogen and oxygen atoms in total. The lowest BCUT2D eigenvalue weighted by molar-refractivity contribution is -0.192. The summed E-state index contributed by atoms with van der Waals surface area (Å²) in [5, 5.41) is 10.3. The van der Waals surface area contributed by atoms with Crippen LogP contribution in [0.5, 0.6) is 0 Å². The highest BCUT2D eigenvalue weighted by molar-refractivity contribution is 5.76. The summed E-state index contributed by atoms with van der Waals surface area (Å²) in [6, 6.07) is 6.71. The second-order valence-corrected chi connectivity index (χ2v) is 9.17. The lowest BCUT2D eigenvalue weighted by Gasteiger charge is -2.21. The first-order chi connectivity index (χ1) is 15.0. The molecule has 2 heterocycles. The van der Waals surface area contributed by atoms with Crippen LogP contribution in [0.25, 0.3) is 0 Å². The van der Waals surface area contributed by atoms with Gasteiger partial charge in [0.05, 0.1) is 12.7 Å². The number of hydrogen-bond acceptors (Lipinski definition) is 4. The molecule has 1 aliphatic carbocycles. The summed E-state index contributed by atoms with van der Waals surface area (Å²) in [5.41, 5.74) is 4.12. The Labute approximate surface area is 186 Å². The lowest BCUT2D eigenvalue weighted by Crippen LogP contribution is -2.34. The standard InChI is InChI=1S/C21H30N2O2.C2HF3O2/c1-14-3-4-15(2)17(7-14)10-23-11-19-18(13-25-20(19)12-23)9-22-21(24)8-16-5-6-16;3-2(4,5)1(6)7/h3-4,7,16,18-20H,5-6,8-13H2,1-2H3,(H,22,24);(H,6,7)/t18-,19-,20-;/m1./s1. The molecule has 9 heteroatoms. The largest absolute Gasteiger partial charge is 0.490 e. The smallest absolute Gasteiger partial charge is 0.475 e. The van der Waals surface area contributed by atoms with Crippen molar-refractivity contribution < 1.29 is 32.6 Å². The third kappa shape index (κ3) is 6.93. The van der Waals surface area contributed by atoms with Gasteiger partial charge in [0.2, 0.25) is 5.91 Å². The Morgan fingerprint density at radius 3 is 2.53 bits per heavy atom. The first-order valence-corrected chi connectivity index (χ1v) is 11.0. The number of carboxylic acid groups (broad SMARTS) is 1. The number of likely N-dealkylation sites (tertiary alicyclic amines) is 1. The third-order valence-electron chi connectivity index (χ3n) is 6.39. The van der Waals surface area contributed by atoms with Crippen LogP contribution >= 0.6 is 0 Å². The van der Waals surface area contributed by atoms with E-state index in [1.807, 2.05) is 0 Å². The predicted octanol–water partition coefficient (Wildman–Crippen LogP) is 3.30. The van der Waals surface area contributed by atoms with Crippen LogP contribution in [0, 0.1) is 31.6 Å². The lowest BCUT2D eigenvalue weighted by atomic mass is 9.93. The summed E-state index contributed by atoms with van der Waals surface area (Å²) >= 11 is 0. The van der Waals surface area contributed by atoms with Gasteiger partial charge in [-0.1, -0.05) is 23.8 Å². The fourth-order valence-electron chi connectivity index (χ4n) is 4.33. The number of alkyl halides is 3. The van der Waals surface area contributed by atoms with Gasteiger partial charge in [-0.15, -0.1) is 0 Å². The molecule has 2 aliphatic heterocycles. The molecule has 0 bridgehead atoms. The number of aliphatic carboxylic acids is 1. The number of amides is 1. The molecule has 3 aliphatic rings. The number of carboxylic acids is 1. The van der Waals surface area contributed by atoms with Crippen molar-refractivity contribution in [3.05, 3.63) is 34.9 Å². The van der Waals surface area contributed by atoms with Gasteiger partial charge in [-0.3, -0.25) is 9.69 Å². The molecule has 2 saturated heterocycles. The van der Waals surface area contributed by atoms with Crippen LogP contribution in [0.4, 0.5) is 13.2 Å². The molecule has 178 valence electrons. The van der Waals surface area contributed by atoms with E-state index in [2.05, 4.69) is 42.3 Å². The topological polar surface area (TPSA) is 78.9 Å². The van der Waals surface area contributed by atoms with Crippen molar-refractivity contribution >= 4 is 11.9 Å². The summed E-state index contributed by atoms with van der Waals surface area (Å²) in [6.07, 6.45) is -1.55. The Balaban J connectivity index is 0.000000360. The van der Waals surface area contributed by atoms with E-state index >= 15 is 0 Å². The van der Waals surface area contributed by atoms with Gasteiger partial charge in [0.25, 0.3) is 0 Å². The number of hydrogen-bond donors (Lipinski definition) is 2. The van der Waals surface area contributed by atoms with Crippen molar-refractivity contribution in [3.63, 3.8) is 0 Å². The molecule has 0 aromatic heterocycles. The predicted molar refractivity (Wildman–Crippen MR) is 112 cm³/mol. The van der Waals surface area contributed by atoms with E-state index in [4.69, 9.17) is 14.6 Å². The second kappa shape index (κ2) is 10.2. The average molecular weight is 457 g/mol. The maximum atomic E-state index is 12.0. The highest BCUT2D eigenvalue weighted by Gasteiger charge is 2.43. The van der Waals surface area contributed by atoms with E-state index in [1.165, 1.54) is 29.5 Å². The number of aryl methyl sites for hydroxylation is 2. The molecule has 1 aromatic rings. The molecule has 0 unspecified atom stereocenters. The summed E-state index contributed by atoms with van der Waals surface area (Å²) in [6.45, 7) is 9.04. The zero-order chi connectivity index (χ0) is 23.5. The second-order valence-electron chi connectivity index (χ2n) is 9.17. The minimum Gasteiger partial charge on any atom is -0.475 e. The Morgan fingerprint density at radius 1 is 1.22 bits per heavy atom. The van der Waals surface area contributed by atoms with Gasteiger partial charge in [0.15, 0.2) is 0 Å². The molecule has 3 atom stereocenters. The number of nitrogens with one attached hydrogen (secondary N) is 1. The van der Waals surface area contributed by atoms with Gasteiger partial charge in [-0.05, 0) is 43.7 Å². The number of rotatable bonds is 6. The van der Waals surface area contributed by atoms with Gasteiger partial charge in [0, 0.05) is 44.4 Å². The van der Waals surface area contributed by atoms with Crippen LogP contribution in [0.15, 0.2) is 18.2 Å². The molecule has 2 N–H and O–H groups in total. The third-order valence-corrected chi connectivity index (χ3v) is 6.39. The zero-order valence-corrected chi connectivity index (χ0v) is 18.5. The molecule has 1 saturated carbocycles. The molecular weight excluding hydrogens is 425 g/mol. The molecular formula is C23H31F3N2O4. The van der Waals surface area contributed by atoms with Crippen molar-refractivity contribution in [1.29, 1.82) is 0 Å². The SMILES string of the molecule is Cc1ccc(C)c(CN2C[C@@H]3[C@H](CNC(=O)CC4CC4)CO[C@@H]3C2)c1.O=C(O)C(F)(F)F. The summed E-state index contributed by atoms with van der Waals surface area (Å²) in [7, 11) is 0. The molecule has 0 radical (unpaired) electrons. The van der Waals surface area contributed by atoms with Crippen LogP contribution in [0.3, 0.4) is 0 Å². The van der Waals surface area contributed by atoms with Gasteiger partial charge in [-0.2, -0.15) is 13.2 Å². The number of carbonyl (C=O) groups is 2. The fourth-order valence-corrected chi connectivity index (χ4v) is 4.33. The maximum Gasteiger partial charge on any atom is 0.490 e. The number of benzene rings is 1. The van der Waals surface area contributed by atoms with Crippen LogP contribution in [0.2, 0.25) is 0 Å².